The Hall–Kier alpha value is -5.03. The number of hydrogen-bond acceptors (Lipinski definition) is 10. The van der Waals surface area contributed by atoms with Crippen LogP contribution in [0.4, 0.5) is 5.69 Å². The van der Waals surface area contributed by atoms with Crippen molar-refractivity contribution in [2.75, 3.05) is 51.3 Å². The predicted octanol–water partition coefficient (Wildman–Crippen LogP) is 5.31. The third kappa shape index (κ3) is 8.51. The van der Waals surface area contributed by atoms with Crippen LogP contribution in [0.3, 0.4) is 0 Å². The van der Waals surface area contributed by atoms with Crippen molar-refractivity contribution in [3.63, 3.8) is 0 Å². The van der Waals surface area contributed by atoms with E-state index in [0.29, 0.717) is 61.1 Å². The number of piperazine rings is 1. The van der Waals surface area contributed by atoms with Gasteiger partial charge in [0.25, 0.3) is 0 Å². The molecule has 2 aliphatic heterocycles. The minimum atomic E-state index is -0.527. The minimum Gasteiger partial charge on any atom is -0.465 e. The molecular weight excluding hydrogens is 724 g/mol. The molecule has 3 N–H and O–H groups in total. The van der Waals surface area contributed by atoms with Gasteiger partial charge in [-0.2, -0.15) is 0 Å². The molecule has 1 atom stereocenters. The van der Waals surface area contributed by atoms with Crippen LogP contribution in [-0.4, -0.2) is 89.5 Å². The number of nitrogens with one attached hydrogen (secondary N) is 1. The first kappa shape index (κ1) is 38.7. The van der Waals surface area contributed by atoms with Crippen LogP contribution in [0.15, 0.2) is 47.5 Å². The monoisotopic (exact) mass is 768 g/mol. The van der Waals surface area contributed by atoms with Crippen LogP contribution >= 0.6 is 22.9 Å². The van der Waals surface area contributed by atoms with E-state index in [-0.39, 0.29) is 24.8 Å². The lowest BCUT2D eigenvalue weighted by atomic mass is 9.99. The summed E-state index contributed by atoms with van der Waals surface area (Å²) in [5.41, 5.74) is 11.4. The molecule has 12 nitrogen and oxygen atoms in total. The highest BCUT2D eigenvalue weighted by molar-refractivity contribution is 7.15. The summed E-state index contributed by atoms with van der Waals surface area (Å²) in [5, 5.41) is 13.6. The van der Waals surface area contributed by atoms with Gasteiger partial charge in [-0.25, -0.2) is 4.79 Å². The molecule has 14 heteroatoms. The Kier molecular flexibility index (Phi) is 12.5. The van der Waals surface area contributed by atoms with Crippen molar-refractivity contribution >= 4 is 52.1 Å². The summed E-state index contributed by atoms with van der Waals surface area (Å²) in [6.45, 7) is 9.39. The van der Waals surface area contributed by atoms with Crippen molar-refractivity contribution in [1.82, 2.24) is 25.0 Å². The van der Waals surface area contributed by atoms with Gasteiger partial charge < -0.3 is 25.6 Å². The molecule has 2 aliphatic rings. The molecule has 0 radical (unpaired) electrons. The number of methoxy groups -OCH3 is 1. The van der Waals surface area contributed by atoms with E-state index in [1.54, 1.807) is 17.4 Å². The second-order valence-electron chi connectivity index (χ2n) is 13.4. The number of amides is 2. The molecule has 0 saturated carbocycles. The van der Waals surface area contributed by atoms with Crippen LogP contribution in [0.2, 0.25) is 5.02 Å². The van der Waals surface area contributed by atoms with Crippen molar-refractivity contribution in [3.8, 4) is 16.8 Å². The van der Waals surface area contributed by atoms with Crippen LogP contribution < -0.4 is 16.0 Å². The summed E-state index contributed by atoms with van der Waals surface area (Å²) < 4.78 is 6.94. The highest BCUT2D eigenvalue weighted by Gasteiger charge is 2.32. The Balaban J connectivity index is 0.986. The molecule has 1 fully saturated rings. The Morgan fingerprint density at radius 2 is 1.78 bits per heavy atom. The zero-order chi connectivity index (χ0) is 38.4. The molecule has 4 aromatic rings. The first-order valence-electron chi connectivity index (χ1n) is 18.2. The maximum atomic E-state index is 13.3. The smallest absolute Gasteiger partial charge is 0.339 e. The lowest BCUT2D eigenvalue weighted by molar-refractivity contribution is -0.131. The van der Waals surface area contributed by atoms with Gasteiger partial charge in [0.05, 0.1) is 31.4 Å². The number of nitrogens with two attached hydrogens (primary N) is 1. The van der Waals surface area contributed by atoms with E-state index >= 15 is 0 Å². The molecule has 2 aromatic heterocycles. The largest absolute Gasteiger partial charge is 0.465 e. The van der Waals surface area contributed by atoms with Gasteiger partial charge >= 0.3 is 5.97 Å². The lowest BCUT2D eigenvalue weighted by Crippen LogP contribution is -2.48. The van der Waals surface area contributed by atoms with Crippen molar-refractivity contribution in [3.05, 3.63) is 91.8 Å². The Morgan fingerprint density at radius 3 is 2.50 bits per heavy atom. The Labute approximate surface area is 324 Å². The Morgan fingerprint density at radius 1 is 1.02 bits per heavy atom. The van der Waals surface area contributed by atoms with E-state index in [9.17, 15) is 14.4 Å². The van der Waals surface area contributed by atoms with E-state index in [4.69, 9.17) is 27.1 Å². The summed E-state index contributed by atoms with van der Waals surface area (Å²) in [6, 6.07) is 12.6. The number of carbonyl (C=O) groups excluding carboxylic acids is 3. The number of fused-ring (bicyclic) bond motifs is 3. The fourth-order valence-corrected chi connectivity index (χ4v) is 8.16. The van der Waals surface area contributed by atoms with Gasteiger partial charge in [0.15, 0.2) is 5.82 Å². The van der Waals surface area contributed by atoms with E-state index in [2.05, 4.69) is 46.1 Å². The van der Waals surface area contributed by atoms with Gasteiger partial charge in [0, 0.05) is 71.4 Å². The summed E-state index contributed by atoms with van der Waals surface area (Å²) in [5.74, 6) is 6.75. The molecule has 0 spiro atoms. The second kappa shape index (κ2) is 17.4. The van der Waals surface area contributed by atoms with Gasteiger partial charge in [-0.3, -0.25) is 19.1 Å². The number of aryl methyl sites for hydroxylation is 2. The first-order valence-corrected chi connectivity index (χ1v) is 19.4. The van der Waals surface area contributed by atoms with E-state index in [1.165, 1.54) is 12.0 Å². The maximum Gasteiger partial charge on any atom is 0.339 e. The molecule has 0 aliphatic carbocycles. The van der Waals surface area contributed by atoms with Crippen molar-refractivity contribution in [2.45, 2.75) is 58.9 Å². The third-order valence-corrected chi connectivity index (χ3v) is 11.3. The molecule has 282 valence electrons. The number of anilines is 1. The SMILES string of the molecule is COC(=O)c1ccc(N2CCN(C(=O)CCCCCNC(=O)C[C@@H]3N=C(c4ccc(Cl)cc4)c4c(sc(C)c4C)-n4c(C)nnc43)CC2)cc1C#CCN. The van der Waals surface area contributed by atoms with Crippen molar-refractivity contribution < 1.29 is 19.1 Å². The first-order chi connectivity index (χ1) is 26.1. The molecular formula is C40H45ClN8O4S. The fourth-order valence-electron chi connectivity index (χ4n) is 6.82. The van der Waals surface area contributed by atoms with E-state index in [1.807, 2.05) is 52.8 Å². The molecule has 2 amide bonds. The van der Waals surface area contributed by atoms with Gasteiger partial charge in [0.2, 0.25) is 11.8 Å². The minimum absolute atomic E-state index is 0.114. The summed E-state index contributed by atoms with van der Waals surface area (Å²) in [6.07, 6.45) is 2.92. The molecule has 2 aromatic carbocycles. The number of ether oxygens (including phenoxy) is 1. The number of aromatic nitrogens is 3. The number of hydrogen-bond donors (Lipinski definition) is 2. The van der Waals surface area contributed by atoms with E-state index in [0.717, 1.165) is 58.2 Å². The number of esters is 1. The number of rotatable bonds is 11. The highest BCUT2D eigenvalue weighted by atomic mass is 35.5. The van der Waals surface area contributed by atoms with Gasteiger partial charge in [-0.15, -0.1) is 21.5 Å². The number of benzene rings is 2. The standard InChI is InChI=1S/C40H45ClN8O4S/c1-25-26(2)54-39-36(25)37(28-11-13-30(41)14-12-28)44-33(38-46-45-27(3)49(38)39)24-34(50)43-18-7-5-6-10-35(51)48-21-19-47(20-22-48)31-15-16-32(40(52)53-4)29(23-31)9-8-17-42/h11-16,23,33H,5-7,10,17-22,24,42H2,1-4H3,(H,43,50)/t33-/m0/s1. The average Bonchev–Trinajstić information content (AvgIpc) is 3.66. The number of carbonyl (C=O) groups is 3. The van der Waals surface area contributed by atoms with Gasteiger partial charge in [-0.1, -0.05) is 42.0 Å². The number of nitrogens with zero attached hydrogens (tertiary/aromatic N) is 6. The zero-order valence-corrected chi connectivity index (χ0v) is 32.6. The van der Waals surface area contributed by atoms with Crippen molar-refractivity contribution in [2.24, 2.45) is 10.7 Å². The topological polar surface area (TPSA) is 148 Å². The van der Waals surface area contributed by atoms with Crippen molar-refractivity contribution in [1.29, 1.82) is 0 Å². The summed E-state index contributed by atoms with van der Waals surface area (Å²) >= 11 is 7.90. The van der Waals surface area contributed by atoms with Crippen LogP contribution in [-0.2, 0) is 14.3 Å². The third-order valence-electron chi connectivity index (χ3n) is 9.86. The summed E-state index contributed by atoms with van der Waals surface area (Å²) in [7, 11) is 1.34. The molecule has 0 unspecified atom stereocenters. The number of aliphatic imine (C=N–C) groups is 1. The molecule has 54 heavy (non-hydrogen) atoms. The number of unbranched alkanes of at least 4 members (excludes halogenated alkanes) is 2. The second-order valence-corrected chi connectivity index (χ2v) is 15.0. The normalized spacial score (nSPS) is 15.0. The molecule has 1 saturated heterocycles. The fraction of sp³-hybridized carbons (Fsp3) is 0.400. The average molecular weight is 769 g/mol. The van der Waals surface area contributed by atoms with Crippen LogP contribution in [0.1, 0.15) is 87.3 Å². The highest BCUT2D eigenvalue weighted by Crippen LogP contribution is 2.39. The predicted molar refractivity (Wildman–Crippen MR) is 212 cm³/mol. The zero-order valence-electron chi connectivity index (χ0n) is 31.1. The molecule has 0 bridgehead atoms. The van der Waals surface area contributed by atoms with Gasteiger partial charge in [-0.05, 0) is 69.5 Å². The molecule has 4 heterocycles. The summed E-state index contributed by atoms with van der Waals surface area (Å²) in [4.78, 5) is 49.0. The van der Waals surface area contributed by atoms with Crippen LogP contribution in [0, 0.1) is 32.6 Å². The number of halogens is 1. The van der Waals surface area contributed by atoms with E-state index < -0.39 is 12.0 Å². The molecule has 6 rings (SSSR count). The van der Waals surface area contributed by atoms with Gasteiger partial charge in [0.1, 0.15) is 16.9 Å². The maximum absolute atomic E-state index is 13.3. The quantitative estimate of drug-likeness (QED) is 0.119. The Bertz CT molecular complexity index is 2120. The number of thiophene rings is 1. The lowest BCUT2D eigenvalue weighted by Gasteiger charge is -2.36. The van der Waals surface area contributed by atoms with Crippen LogP contribution in [0.5, 0.6) is 0 Å². The van der Waals surface area contributed by atoms with Crippen LogP contribution in [0.25, 0.3) is 5.00 Å².